The van der Waals surface area contributed by atoms with Crippen molar-refractivity contribution in [3.05, 3.63) is 29.8 Å². The van der Waals surface area contributed by atoms with Gasteiger partial charge in [0.1, 0.15) is 0 Å². The molecule has 0 bridgehead atoms. The van der Waals surface area contributed by atoms with E-state index in [2.05, 4.69) is 0 Å². The number of nitrogen functional groups attached to an aromatic ring is 1. The maximum absolute atomic E-state index is 12.2. The van der Waals surface area contributed by atoms with Gasteiger partial charge in [0.05, 0.1) is 12.3 Å². The van der Waals surface area contributed by atoms with Gasteiger partial charge in [0, 0.05) is 11.7 Å². The molecule has 0 radical (unpaired) electrons. The number of carbonyl (C=O) groups excluding carboxylic acids is 1. The first-order valence-electron chi connectivity index (χ1n) is 5.84. The van der Waals surface area contributed by atoms with Crippen molar-refractivity contribution in [2.75, 3.05) is 12.3 Å². The minimum atomic E-state index is -3.59. The molecule has 1 rings (SSSR count). The molecule has 0 fully saturated rings. The fourth-order valence-electron chi connectivity index (χ4n) is 1.66. The highest BCUT2D eigenvalue weighted by Crippen LogP contribution is 2.15. The number of benzene rings is 1. The molecule has 4 N–H and O–H groups in total. The summed E-state index contributed by atoms with van der Waals surface area (Å²) in [7, 11) is -3.59. The van der Waals surface area contributed by atoms with Crippen molar-refractivity contribution in [3.63, 3.8) is 0 Å². The van der Waals surface area contributed by atoms with Crippen molar-refractivity contribution >= 4 is 21.6 Å². The van der Waals surface area contributed by atoms with E-state index in [1.54, 1.807) is 38.1 Å². The quantitative estimate of drug-likeness (QED) is 0.733. The zero-order valence-electron chi connectivity index (χ0n) is 11.0. The van der Waals surface area contributed by atoms with E-state index < -0.39 is 15.9 Å². The monoisotopic (exact) mass is 285 g/mol. The van der Waals surface area contributed by atoms with Gasteiger partial charge in [-0.15, -0.1) is 0 Å². The number of anilines is 1. The van der Waals surface area contributed by atoms with Crippen LogP contribution in [0.5, 0.6) is 0 Å². The number of rotatable bonds is 6. The molecule has 0 aliphatic carbocycles. The molecular weight excluding hydrogens is 266 g/mol. The molecule has 1 aromatic rings. The number of hydrogen-bond acceptors (Lipinski definition) is 4. The maximum Gasteiger partial charge on any atom is 0.232 e. The Morgan fingerprint density at radius 2 is 1.79 bits per heavy atom. The van der Waals surface area contributed by atoms with Crippen LogP contribution in [0.2, 0.25) is 0 Å². The third-order valence-corrected chi connectivity index (χ3v) is 4.54. The van der Waals surface area contributed by atoms with E-state index in [9.17, 15) is 13.2 Å². The Kier molecular flexibility index (Phi) is 4.90. The SMILES string of the molecule is CC(C)N(CC(N)=O)S(=O)(=O)Cc1ccc(N)cc1. The highest BCUT2D eigenvalue weighted by Gasteiger charge is 2.26. The van der Waals surface area contributed by atoms with Crippen LogP contribution in [0.15, 0.2) is 24.3 Å². The summed E-state index contributed by atoms with van der Waals surface area (Å²) in [6.45, 7) is 3.09. The molecule has 0 aliphatic rings. The van der Waals surface area contributed by atoms with E-state index >= 15 is 0 Å². The zero-order chi connectivity index (χ0) is 14.6. The highest BCUT2D eigenvalue weighted by molar-refractivity contribution is 7.88. The lowest BCUT2D eigenvalue weighted by molar-refractivity contribution is -0.118. The van der Waals surface area contributed by atoms with Crippen LogP contribution in [0.3, 0.4) is 0 Å². The van der Waals surface area contributed by atoms with E-state index in [-0.39, 0.29) is 18.3 Å². The summed E-state index contributed by atoms with van der Waals surface area (Å²) in [6, 6.07) is 6.24. The van der Waals surface area contributed by atoms with Crippen LogP contribution in [0, 0.1) is 0 Å². The molecule has 0 aliphatic heterocycles. The number of hydrogen-bond donors (Lipinski definition) is 2. The van der Waals surface area contributed by atoms with Gasteiger partial charge in [-0.25, -0.2) is 8.42 Å². The second-order valence-electron chi connectivity index (χ2n) is 4.60. The summed E-state index contributed by atoms with van der Waals surface area (Å²) in [4.78, 5) is 11.0. The molecule has 0 spiro atoms. The van der Waals surface area contributed by atoms with Crippen LogP contribution in [0.4, 0.5) is 5.69 Å². The third kappa shape index (κ3) is 4.53. The Labute approximate surface area is 113 Å². The normalized spacial score (nSPS) is 12.0. The second-order valence-corrected chi connectivity index (χ2v) is 6.52. The Hall–Kier alpha value is -1.60. The molecule has 7 heteroatoms. The number of nitrogens with two attached hydrogens (primary N) is 2. The number of amides is 1. The summed E-state index contributed by atoms with van der Waals surface area (Å²) in [5, 5.41) is 0. The van der Waals surface area contributed by atoms with Gasteiger partial charge in [-0.05, 0) is 31.5 Å². The third-order valence-electron chi connectivity index (χ3n) is 2.57. The van der Waals surface area contributed by atoms with E-state index in [1.807, 2.05) is 0 Å². The van der Waals surface area contributed by atoms with Crippen molar-refractivity contribution < 1.29 is 13.2 Å². The van der Waals surface area contributed by atoms with Gasteiger partial charge >= 0.3 is 0 Å². The van der Waals surface area contributed by atoms with Crippen molar-refractivity contribution in [1.82, 2.24) is 4.31 Å². The van der Waals surface area contributed by atoms with Crippen LogP contribution < -0.4 is 11.5 Å². The van der Waals surface area contributed by atoms with Crippen LogP contribution in [0.25, 0.3) is 0 Å². The predicted octanol–water partition coefficient (Wildman–Crippen LogP) is 0.294. The van der Waals surface area contributed by atoms with Gasteiger partial charge in [0.25, 0.3) is 0 Å². The smallest absolute Gasteiger partial charge is 0.232 e. The Balaban J connectivity index is 2.94. The molecule has 106 valence electrons. The molecule has 1 aromatic carbocycles. The average molecular weight is 285 g/mol. The van der Waals surface area contributed by atoms with Gasteiger partial charge in [0.15, 0.2) is 0 Å². The first-order chi connectivity index (χ1) is 8.72. The van der Waals surface area contributed by atoms with E-state index in [0.29, 0.717) is 11.3 Å². The van der Waals surface area contributed by atoms with Crippen molar-refractivity contribution in [2.24, 2.45) is 5.73 Å². The molecule has 0 saturated carbocycles. The minimum Gasteiger partial charge on any atom is -0.399 e. The van der Waals surface area contributed by atoms with Gasteiger partial charge in [-0.2, -0.15) is 4.31 Å². The van der Waals surface area contributed by atoms with E-state index in [4.69, 9.17) is 11.5 Å². The fourth-order valence-corrected chi connectivity index (χ4v) is 3.41. The van der Waals surface area contributed by atoms with Gasteiger partial charge < -0.3 is 11.5 Å². The molecule has 0 saturated heterocycles. The lowest BCUT2D eigenvalue weighted by Gasteiger charge is -2.24. The molecular formula is C12H19N3O3S. The highest BCUT2D eigenvalue weighted by atomic mass is 32.2. The Bertz CT molecular complexity index is 538. The molecule has 0 atom stereocenters. The predicted molar refractivity (Wildman–Crippen MR) is 74.5 cm³/mol. The summed E-state index contributed by atoms with van der Waals surface area (Å²) < 4.78 is 25.6. The molecule has 6 nitrogen and oxygen atoms in total. The number of primary amides is 1. The number of carbonyl (C=O) groups is 1. The molecule has 0 unspecified atom stereocenters. The van der Waals surface area contributed by atoms with Crippen LogP contribution in [-0.4, -0.2) is 31.2 Å². The molecule has 19 heavy (non-hydrogen) atoms. The van der Waals surface area contributed by atoms with Gasteiger partial charge in [0.2, 0.25) is 15.9 Å². The summed E-state index contributed by atoms with van der Waals surface area (Å²) in [5.41, 5.74) is 11.8. The van der Waals surface area contributed by atoms with Crippen LogP contribution in [0.1, 0.15) is 19.4 Å². The molecule has 0 aromatic heterocycles. The first-order valence-corrected chi connectivity index (χ1v) is 7.45. The first kappa shape index (κ1) is 15.5. The number of nitrogens with zero attached hydrogens (tertiary/aromatic N) is 1. The zero-order valence-corrected chi connectivity index (χ0v) is 11.9. The molecule has 1 amide bonds. The van der Waals surface area contributed by atoms with Gasteiger partial charge in [-0.3, -0.25) is 4.79 Å². The average Bonchev–Trinajstić information content (AvgIpc) is 2.28. The fraction of sp³-hybridized carbons (Fsp3) is 0.417. The second kappa shape index (κ2) is 6.03. The summed E-state index contributed by atoms with van der Waals surface area (Å²) in [5.74, 6) is -0.853. The lowest BCUT2D eigenvalue weighted by atomic mass is 10.2. The lowest BCUT2D eigenvalue weighted by Crippen LogP contribution is -2.43. The van der Waals surface area contributed by atoms with Gasteiger partial charge in [-0.1, -0.05) is 12.1 Å². The number of sulfonamides is 1. The minimum absolute atomic E-state index is 0.182. The Morgan fingerprint density at radius 3 is 2.21 bits per heavy atom. The van der Waals surface area contributed by atoms with Crippen molar-refractivity contribution in [2.45, 2.75) is 25.6 Å². The van der Waals surface area contributed by atoms with Crippen molar-refractivity contribution in [1.29, 1.82) is 0 Å². The van der Waals surface area contributed by atoms with E-state index in [0.717, 1.165) is 4.31 Å². The molecule has 0 heterocycles. The van der Waals surface area contributed by atoms with Crippen LogP contribution in [-0.2, 0) is 20.6 Å². The largest absolute Gasteiger partial charge is 0.399 e. The summed E-state index contributed by atoms with van der Waals surface area (Å²) in [6.07, 6.45) is 0. The summed E-state index contributed by atoms with van der Waals surface area (Å²) >= 11 is 0. The topological polar surface area (TPSA) is 106 Å². The maximum atomic E-state index is 12.2. The van der Waals surface area contributed by atoms with Crippen molar-refractivity contribution in [3.8, 4) is 0 Å². The Morgan fingerprint density at radius 1 is 1.26 bits per heavy atom. The standard InChI is InChI=1S/C12H19N3O3S/c1-9(2)15(7-12(14)16)19(17,18)8-10-3-5-11(13)6-4-10/h3-6,9H,7-8,13H2,1-2H3,(H2,14,16). The van der Waals surface area contributed by atoms with E-state index in [1.165, 1.54) is 0 Å². The van der Waals surface area contributed by atoms with Crippen LogP contribution >= 0.6 is 0 Å².